The Morgan fingerprint density at radius 2 is 1.84 bits per heavy atom. The average molecular weight is 561 g/mol. The third-order valence-corrected chi connectivity index (χ3v) is 7.35. The number of thiazole rings is 1. The monoisotopic (exact) mass is 560 g/mol. The van der Waals surface area contributed by atoms with Crippen molar-refractivity contribution in [3.05, 3.63) is 52.9 Å². The molecule has 2 aliphatic rings. The molecule has 3 heterocycles. The molecule has 0 radical (unpaired) electrons. The van der Waals surface area contributed by atoms with Gasteiger partial charge in [0.05, 0.1) is 0 Å². The number of nitrogens with zero attached hydrogens (tertiary/aromatic N) is 4. The van der Waals surface area contributed by atoms with Crippen LogP contribution in [0.5, 0.6) is 5.75 Å². The third kappa shape index (κ3) is 7.12. The maximum Gasteiger partial charge on any atom is 0 e. The fourth-order valence-electron chi connectivity index (χ4n) is 3.99. The molecular formula is C27H35N5O3SV. The van der Waals surface area contributed by atoms with Crippen molar-refractivity contribution in [2.24, 2.45) is 4.99 Å². The first-order valence-electron chi connectivity index (χ1n) is 12.2. The quantitative estimate of drug-likeness (QED) is 0.560. The zero-order chi connectivity index (χ0) is 26.6. The summed E-state index contributed by atoms with van der Waals surface area (Å²) in [6.45, 7) is 11.0. The number of aliphatic imine (C=N–C) groups is 1. The van der Waals surface area contributed by atoms with Gasteiger partial charge < -0.3 is 0 Å². The van der Waals surface area contributed by atoms with Crippen LogP contribution in [0.4, 0.5) is 9.93 Å². The first-order chi connectivity index (χ1) is 17.6. The Kier molecular flexibility index (Phi) is 8.57. The maximum atomic E-state index is 12.4. The van der Waals surface area contributed by atoms with Crippen LogP contribution >= 0.6 is 11.3 Å². The van der Waals surface area contributed by atoms with Gasteiger partial charge in [-0.3, -0.25) is 0 Å². The molecule has 2 aliphatic heterocycles. The minimum absolute atomic E-state index is 0. The van der Waals surface area contributed by atoms with Crippen LogP contribution in [0.2, 0.25) is 0 Å². The topological polar surface area (TPSA) is 79.3 Å². The number of amides is 1. The number of carbonyl (C=O) groups excluding carboxylic acids is 1. The summed E-state index contributed by atoms with van der Waals surface area (Å²) in [7, 11) is 1.67. The second-order valence-corrected chi connectivity index (χ2v) is 11.7. The molecular weight excluding hydrogens is 525 g/mol. The van der Waals surface area contributed by atoms with E-state index in [1.54, 1.807) is 23.3 Å². The van der Waals surface area contributed by atoms with Crippen molar-refractivity contribution < 1.29 is 32.7 Å². The number of anilines is 1. The van der Waals surface area contributed by atoms with Crippen molar-refractivity contribution in [3.63, 3.8) is 0 Å². The molecule has 1 saturated heterocycles. The molecule has 0 unspecified atom stereocenters. The number of amidine groups is 1. The Morgan fingerprint density at radius 1 is 1.14 bits per heavy atom. The van der Waals surface area contributed by atoms with Gasteiger partial charge >= 0.3 is 211 Å². The van der Waals surface area contributed by atoms with Gasteiger partial charge in [-0.2, -0.15) is 0 Å². The van der Waals surface area contributed by atoms with Gasteiger partial charge in [-0.15, -0.1) is 0 Å². The van der Waals surface area contributed by atoms with Crippen molar-refractivity contribution in [2.45, 2.75) is 33.3 Å². The van der Waals surface area contributed by atoms with Gasteiger partial charge in [-0.05, 0) is 20.8 Å². The van der Waals surface area contributed by atoms with E-state index in [0.29, 0.717) is 19.6 Å². The molecule has 0 aliphatic carbocycles. The van der Waals surface area contributed by atoms with E-state index in [9.17, 15) is 4.79 Å². The Labute approximate surface area is 233 Å². The minimum Gasteiger partial charge on any atom is 0 e. The smallest absolute Gasteiger partial charge is 0 e. The fourth-order valence-corrected chi connectivity index (χ4v) is 5.37. The number of rotatable bonds is 5. The van der Waals surface area contributed by atoms with Crippen LogP contribution in [0, 0.1) is 6.92 Å². The molecule has 1 N–H and O–H groups in total. The van der Waals surface area contributed by atoms with Crippen LogP contribution in [-0.4, -0.2) is 76.5 Å². The number of piperazine rings is 1. The van der Waals surface area contributed by atoms with Crippen LogP contribution in [0.3, 0.4) is 0 Å². The normalized spacial score (nSPS) is 16.0. The number of aromatic nitrogens is 1. The number of nitrogens with one attached hydrogen (secondary N) is 1. The standard InChI is InChI=1S/C27H33N5O3S.V.H2/c1-19-24(21-7-9-22(34-5)10-8-21)30-25(36-19)29-18-20-6-11-23(28-13-12-20)31-14-16-32(17-15-31)26(33)35-27(2,3)4;;/h6-12H,13-17H2,1-5H3,(H,29,30);;1H. The first kappa shape index (κ1) is 27.2. The summed E-state index contributed by atoms with van der Waals surface area (Å²) in [5.41, 5.74) is 2.61. The maximum absolute atomic E-state index is 12.4. The first-order valence-corrected chi connectivity index (χ1v) is 13.7. The summed E-state index contributed by atoms with van der Waals surface area (Å²) in [6, 6.07) is 7.96. The average Bonchev–Trinajstić information content (AvgIpc) is 3.06. The molecule has 8 nitrogen and oxygen atoms in total. The molecule has 2 aromatic rings. The predicted molar refractivity (Wildman–Crippen MR) is 148 cm³/mol. The van der Waals surface area contributed by atoms with E-state index in [-0.39, 0.29) is 7.52 Å². The Hall–Kier alpha value is -2.88. The van der Waals surface area contributed by atoms with Crippen molar-refractivity contribution >= 4 is 32.7 Å². The Morgan fingerprint density at radius 3 is 2.49 bits per heavy atom. The van der Waals surface area contributed by atoms with E-state index >= 15 is 0 Å². The minimum atomic E-state index is -0.486. The number of aryl methyl sites for hydroxylation is 1. The van der Waals surface area contributed by atoms with E-state index < -0.39 is 5.60 Å². The molecule has 197 valence electrons. The van der Waals surface area contributed by atoms with Gasteiger partial charge in [0.2, 0.25) is 0 Å². The molecule has 0 bridgehead atoms. The fraction of sp³-hybridized carbons (Fsp3) is 0.407. The molecule has 4 rings (SSSR count). The van der Waals surface area contributed by atoms with E-state index in [4.69, 9.17) is 19.5 Å². The van der Waals surface area contributed by atoms with Crippen LogP contribution in [0.1, 0.15) is 27.1 Å². The Bertz CT molecular complexity index is 1240. The van der Waals surface area contributed by atoms with Gasteiger partial charge in [-0.25, -0.2) is 0 Å². The number of methoxy groups -OCH3 is 1. The van der Waals surface area contributed by atoms with Crippen LogP contribution in [-0.2, 0) is 21.7 Å². The van der Waals surface area contributed by atoms with Gasteiger partial charge in [0.15, 0.2) is 0 Å². The van der Waals surface area contributed by atoms with E-state index in [0.717, 1.165) is 55.9 Å². The van der Waals surface area contributed by atoms with Gasteiger partial charge in [0.1, 0.15) is 0 Å². The second kappa shape index (κ2) is 11.7. The van der Waals surface area contributed by atoms with E-state index in [1.807, 2.05) is 51.1 Å². The van der Waals surface area contributed by atoms with E-state index in [1.165, 1.54) is 0 Å². The molecule has 0 spiro atoms. The van der Waals surface area contributed by atoms with Crippen LogP contribution in [0.15, 0.2) is 53.1 Å². The van der Waals surface area contributed by atoms with E-state index in [2.05, 4.69) is 46.3 Å². The molecule has 1 aromatic heterocycles. The third-order valence-electron chi connectivity index (χ3n) is 5.89. The van der Waals surface area contributed by atoms with Crippen molar-refractivity contribution in [2.75, 3.05) is 45.2 Å². The van der Waals surface area contributed by atoms with Crippen LogP contribution in [0.25, 0.3) is 11.3 Å². The summed E-state index contributed by atoms with van der Waals surface area (Å²) in [4.78, 5) is 27.1. The molecule has 0 atom stereocenters. The predicted octanol–water partition coefficient (Wildman–Crippen LogP) is 4.91. The molecule has 37 heavy (non-hydrogen) atoms. The van der Waals surface area contributed by atoms with Gasteiger partial charge in [0.25, 0.3) is 0 Å². The zero-order valence-electron chi connectivity index (χ0n) is 21.9. The largest absolute Gasteiger partial charge is 0 e. The molecule has 1 aromatic carbocycles. The molecule has 1 amide bonds. The van der Waals surface area contributed by atoms with Crippen molar-refractivity contribution in [1.29, 1.82) is 0 Å². The van der Waals surface area contributed by atoms with Gasteiger partial charge in [0, 0.05) is 1.43 Å². The van der Waals surface area contributed by atoms with Crippen LogP contribution < -0.4 is 10.1 Å². The molecule has 10 heteroatoms. The van der Waals surface area contributed by atoms with Gasteiger partial charge in [-0.1, -0.05) is 0 Å². The summed E-state index contributed by atoms with van der Waals surface area (Å²) < 4.78 is 11.7. The number of benzene rings is 1. The number of hydrogen-bond acceptors (Lipinski definition) is 8. The summed E-state index contributed by atoms with van der Waals surface area (Å²) in [6.07, 6.45) is 5.98. The number of hydrogen-bond donors (Lipinski definition) is 1. The summed E-state index contributed by atoms with van der Waals surface area (Å²) >= 11 is 4.24. The SMILES string of the molecule is COc1ccc(-c2nc(N[C](=[V])C3=CCN=C(N4CCN(C(=O)OC(C)(C)C)CC4)C=C3)sc2C)cc1.[HH]. The zero-order valence-corrected chi connectivity index (χ0v) is 24.2. The second-order valence-electron chi connectivity index (χ2n) is 9.77. The number of ether oxygens (including phenoxy) is 2. The van der Waals surface area contributed by atoms with Crippen molar-refractivity contribution in [3.8, 4) is 17.0 Å². The summed E-state index contributed by atoms with van der Waals surface area (Å²) in [5, 5.41) is 4.30. The molecule has 0 saturated carbocycles. The number of carbonyl (C=O) groups is 1. The van der Waals surface area contributed by atoms with Crippen molar-refractivity contribution in [1.82, 2.24) is 14.8 Å². The molecule has 1 fully saturated rings. The Balaban J connectivity index is 0.00000400. The summed E-state index contributed by atoms with van der Waals surface area (Å²) in [5.74, 6) is 1.76.